The Morgan fingerprint density at radius 1 is 1.27 bits per heavy atom. The lowest BCUT2D eigenvalue weighted by Gasteiger charge is -2.44. The zero-order chi connectivity index (χ0) is 15.1. The minimum atomic E-state index is 0.0657. The van der Waals surface area contributed by atoms with Gasteiger partial charge in [-0.05, 0) is 45.1 Å². The highest BCUT2D eigenvalue weighted by molar-refractivity contribution is 7.15. The molecular weight excluding hydrogens is 294 g/mol. The highest BCUT2D eigenvalue weighted by Gasteiger charge is 2.33. The van der Waals surface area contributed by atoms with Crippen LogP contribution in [-0.2, 0) is 6.54 Å². The Labute approximate surface area is 134 Å². The molecule has 0 amide bonds. The van der Waals surface area contributed by atoms with Gasteiger partial charge in [-0.3, -0.25) is 14.1 Å². The lowest BCUT2D eigenvalue weighted by atomic mass is 9.78. The molecule has 4 nitrogen and oxygen atoms in total. The molecule has 118 valence electrons. The molecule has 0 radical (unpaired) electrons. The Balaban J connectivity index is 1.61. The predicted molar refractivity (Wildman–Crippen MR) is 89.5 cm³/mol. The van der Waals surface area contributed by atoms with E-state index in [0.29, 0.717) is 6.04 Å². The summed E-state index contributed by atoms with van der Waals surface area (Å²) in [4.78, 5) is 20.5. The van der Waals surface area contributed by atoms with Crippen LogP contribution in [-0.4, -0.2) is 26.9 Å². The van der Waals surface area contributed by atoms with Gasteiger partial charge in [0.15, 0.2) is 4.96 Å². The average Bonchev–Trinajstić information content (AvgIpc) is 2.89. The van der Waals surface area contributed by atoms with E-state index in [9.17, 15) is 4.79 Å². The molecule has 0 unspecified atom stereocenters. The first-order valence-corrected chi connectivity index (χ1v) is 9.31. The van der Waals surface area contributed by atoms with Gasteiger partial charge in [0.2, 0.25) is 0 Å². The number of hydrogen-bond donors (Lipinski definition) is 0. The van der Waals surface area contributed by atoms with E-state index in [1.165, 1.54) is 38.5 Å². The lowest BCUT2D eigenvalue weighted by Crippen LogP contribution is -2.46. The van der Waals surface area contributed by atoms with Gasteiger partial charge in [-0.25, -0.2) is 4.98 Å². The largest absolute Gasteiger partial charge is 0.294 e. The molecule has 2 fully saturated rings. The maximum absolute atomic E-state index is 12.3. The second kappa shape index (κ2) is 5.78. The molecule has 2 aromatic rings. The van der Waals surface area contributed by atoms with E-state index in [0.717, 1.165) is 35.4 Å². The third-order valence-electron chi connectivity index (χ3n) is 5.35. The van der Waals surface area contributed by atoms with Gasteiger partial charge in [-0.1, -0.05) is 12.8 Å². The second-order valence-corrected chi connectivity index (χ2v) is 7.64. The Hall–Kier alpha value is -1.20. The van der Waals surface area contributed by atoms with Crippen LogP contribution in [0.3, 0.4) is 0 Å². The highest BCUT2D eigenvalue weighted by atomic mass is 32.1. The van der Waals surface area contributed by atoms with Crippen LogP contribution in [0.2, 0.25) is 0 Å². The van der Waals surface area contributed by atoms with Crippen LogP contribution in [0.4, 0.5) is 0 Å². The first-order valence-electron chi connectivity index (χ1n) is 8.43. The maximum Gasteiger partial charge on any atom is 0.259 e. The number of nitrogens with zero attached hydrogens (tertiary/aromatic N) is 3. The molecule has 2 aromatic heterocycles. The van der Waals surface area contributed by atoms with E-state index in [1.807, 2.05) is 12.3 Å². The molecule has 2 aliphatic rings. The van der Waals surface area contributed by atoms with Gasteiger partial charge in [0, 0.05) is 29.7 Å². The number of likely N-dealkylation sites (tertiary alicyclic amines) is 1. The van der Waals surface area contributed by atoms with Crippen molar-refractivity contribution in [1.29, 1.82) is 0 Å². The molecule has 22 heavy (non-hydrogen) atoms. The Morgan fingerprint density at radius 3 is 3.00 bits per heavy atom. The highest BCUT2D eigenvalue weighted by Crippen LogP contribution is 2.35. The summed E-state index contributed by atoms with van der Waals surface area (Å²) in [5.74, 6) is 0.872. The van der Waals surface area contributed by atoms with Gasteiger partial charge in [0.25, 0.3) is 5.56 Å². The molecule has 5 heteroatoms. The third-order valence-corrected chi connectivity index (χ3v) is 6.30. The quantitative estimate of drug-likeness (QED) is 0.853. The number of rotatable bonds is 2. The van der Waals surface area contributed by atoms with E-state index in [-0.39, 0.29) is 5.56 Å². The Bertz CT molecular complexity index is 733. The maximum atomic E-state index is 12.3. The van der Waals surface area contributed by atoms with Crippen LogP contribution >= 0.6 is 11.3 Å². The van der Waals surface area contributed by atoms with E-state index < -0.39 is 0 Å². The molecule has 1 saturated heterocycles. The van der Waals surface area contributed by atoms with Crippen LogP contribution < -0.4 is 5.56 Å². The molecule has 1 aliphatic heterocycles. The van der Waals surface area contributed by atoms with E-state index in [4.69, 9.17) is 4.98 Å². The minimum absolute atomic E-state index is 0.0657. The SMILES string of the molecule is Cc1csc2nc(CN3CCC[C@@H]4CCCC[C@@H]43)cc(=O)n12. The van der Waals surface area contributed by atoms with Crippen molar-refractivity contribution in [2.45, 2.75) is 58.0 Å². The normalized spacial score (nSPS) is 26.2. The molecule has 3 heterocycles. The van der Waals surface area contributed by atoms with Crippen molar-refractivity contribution >= 4 is 16.3 Å². The second-order valence-electron chi connectivity index (χ2n) is 6.81. The van der Waals surface area contributed by atoms with Gasteiger partial charge in [-0.15, -0.1) is 11.3 Å². The number of fused-ring (bicyclic) bond motifs is 2. The Kier molecular flexibility index (Phi) is 3.78. The standard InChI is InChI=1S/C17H23N3OS/c1-12-11-22-17-18-14(9-16(21)20(12)17)10-19-8-4-6-13-5-2-3-7-15(13)19/h9,11,13,15H,2-8,10H2,1H3/t13-,15-/m0/s1. The summed E-state index contributed by atoms with van der Waals surface area (Å²) in [6, 6.07) is 2.45. The predicted octanol–water partition coefficient (Wildman–Crippen LogP) is 3.22. The topological polar surface area (TPSA) is 37.6 Å². The van der Waals surface area contributed by atoms with Crippen molar-refractivity contribution in [3.05, 3.63) is 33.2 Å². The molecule has 0 aromatic carbocycles. The molecule has 4 rings (SSSR count). The monoisotopic (exact) mass is 317 g/mol. The molecule has 0 N–H and O–H groups in total. The van der Waals surface area contributed by atoms with Crippen LogP contribution in [0.1, 0.15) is 49.9 Å². The number of piperidine rings is 1. The average molecular weight is 317 g/mol. The van der Waals surface area contributed by atoms with Crippen molar-refractivity contribution < 1.29 is 0 Å². The number of aromatic nitrogens is 2. The van der Waals surface area contributed by atoms with E-state index >= 15 is 0 Å². The van der Waals surface area contributed by atoms with Crippen LogP contribution in [0, 0.1) is 12.8 Å². The molecule has 1 aliphatic carbocycles. The van der Waals surface area contributed by atoms with Gasteiger partial charge in [0.05, 0.1) is 5.69 Å². The molecule has 0 spiro atoms. The first kappa shape index (κ1) is 14.4. The molecule has 2 atom stereocenters. The smallest absolute Gasteiger partial charge is 0.259 e. The summed E-state index contributed by atoms with van der Waals surface area (Å²) in [5.41, 5.74) is 1.99. The fourth-order valence-electron chi connectivity index (χ4n) is 4.31. The fraction of sp³-hybridized carbons (Fsp3) is 0.647. The van der Waals surface area contributed by atoms with E-state index in [1.54, 1.807) is 21.8 Å². The Morgan fingerprint density at radius 2 is 2.09 bits per heavy atom. The molecular formula is C17H23N3OS. The van der Waals surface area contributed by atoms with Crippen molar-refractivity contribution in [2.24, 2.45) is 5.92 Å². The van der Waals surface area contributed by atoms with Gasteiger partial charge >= 0.3 is 0 Å². The van der Waals surface area contributed by atoms with Crippen LogP contribution in [0.15, 0.2) is 16.2 Å². The summed E-state index contributed by atoms with van der Waals surface area (Å²) >= 11 is 1.56. The zero-order valence-corrected chi connectivity index (χ0v) is 13.9. The van der Waals surface area contributed by atoms with E-state index in [2.05, 4.69) is 4.90 Å². The molecule has 0 bridgehead atoms. The molecule has 1 saturated carbocycles. The van der Waals surface area contributed by atoms with Gasteiger partial charge < -0.3 is 0 Å². The number of hydrogen-bond acceptors (Lipinski definition) is 4. The van der Waals surface area contributed by atoms with Crippen LogP contribution in [0.5, 0.6) is 0 Å². The summed E-state index contributed by atoms with van der Waals surface area (Å²) in [6.45, 7) is 3.96. The van der Waals surface area contributed by atoms with Gasteiger partial charge in [0.1, 0.15) is 0 Å². The third kappa shape index (κ3) is 2.50. The van der Waals surface area contributed by atoms with Crippen molar-refractivity contribution in [3.8, 4) is 0 Å². The zero-order valence-electron chi connectivity index (χ0n) is 13.1. The van der Waals surface area contributed by atoms with Crippen LogP contribution in [0.25, 0.3) is 4.96 Å². The van der Waals surface area contributed by atoms with Crippen molar-refractivity contribution in [3.63, 3.8) is 0 Å². The van der Waals surface area contributed by atoms with Gasteiger partial charge in [-0.2, -0.15) is 0 Å². The number of aryl methyl sites for hydroxylation is 1. The minimum Gasteiger partial charge on any atom is -0.294 e. The summed E-state index contributed by atoms with van der Waals surface area (Å²) < 4.78 is 1.72. The summed E-state index contributed by atoms with van der Waals surface area (Å²) in [5, 5.41) is 2.01. The van der Waals surface area contributed by atoms with Crippen molar-refractivity contribution in [2.75, 3.05) is 6.54 Å². The van der Waals surface area contributed by atoms with Crippen molar-refractivity contribution in [1.82, 2.24) is 14.3 Å². The first-order chi connectivity index (χ1) is 10.7. The fourth-order valence-corrected chi connectivity index (χ4v) is 5.20. The lowest BCUT2D eigenvalue weighted by molar-refractivity contribution is 0.0537. The summed E-state index contributed by atoms with van der Waals surface area (Å²) in [6.07, 6.45) is 8.15. The summed E-state index contributed by atoms with van der Waals surface area (Å²) in [7, 11) is 0. The number of thiazole rings is 1.